The van der Waals surface area contributed by atoms with Crippen LogP contribution >= 0.6 is 0 Å². The highest BCUT2D eigenvalue weighted by molar-refractivity contribution is 5.73. The molecule has 3 nitrogen and oxygen atoms in total. The van der Waals surface area contributed by atoms with Gasteiger partial charge in [0.25, 0.3) is 0 Å². The second-order valence-corrected chi connectivity index (χ2v) is 5.47. The monoisotopic (exact) mass is 216 g/mol. The van der Waals surface area contributed by atoms with Crippen LogP contribution < -0.4 is 0 Å². The highest BCUT2D eigenvalue weighted by Gasteiger charge is 2.30. The molecule has 0 radical (unpaired) electrons. The predicted octanol–water partition coefficient (Wildman–Crippen LogP) is 1.70. The lowest BCUT2D eigenvalue weighted by atomic mass is 9.90. The first-order chi connectivity index (χ1) is 6.80. The van der Waals surface area contributed by atoms with E-state index >= 15 is 0 Å². The molecule has 1 rings (SSSR count). The van der Waals surface area contributed by atoms with E-state index in [2.05, 4.69) is 0 Å². The minimum Gasteiger partial charge on any atom is -0.342 e. The molecule has 15 heavy (non-hydrogen) atoms. The molecule has 88 valence electrons. The molecular formula is C11H21FN2O. The molecule has 1 heterocycles. The summed E-state index contributed by atoms with van der Waals surface area (Å²) in [7, 11) is 0. The highest BCUT2D eigenvalue weighted by atomic mass is 19.2. The fourth-order valence-electron chi connectivity index (χ4n) is 2.17. The fraction of sp³-hybridized carbons (Fsp3) is 0.909. The van der Waals surface area contributed by atoms with Crippen molar-refractivity contribution in [2.45, 2.75) is 27.7 Å². The molecule has 1 atom stereocenters. The van der Waals surface area contributed by atoms with E-state index < -0.39 is 0 Å². The molecule has 0 aromatic heterocycles. The van der Waals surface area contributed by atoms with E-state index in [0.717, 1.165) is 5.12 Å². The second-order valence-electron chi connectivity index (χ2n) is 5.47. The molecule has 0 aromatic carbocycles. The number of nitrogens with zero attached hydrogens (tertiary/aromatic N) is 2. The standard InChI is InChI=1S/C11H21FN2O/c1-9-5-13(10(2)15)7-11(3,4)8-14(12)6-9/h9H,5-8H2,1-4H3. The van der Waals surface area contributed by atoms with Crippen LogP contribution in [0.15, 0.2) is 0 Å². The second kappa shape index (κ2) is 4.47. The maximum atomic E-state index is 13.4. The van der Waals surface area contributed by atoms with E-state index in [4.69, 9.17) is 0 Å². The Hall–Kier alpha value is -0.640. The third-order valence-electron chi connectivity index (χ3n) is 2.71. The molecule has 1 aliphatic rings. The molecule has 0 aliphatic carbocycles. The number of halogens is 1. The van der Waals surface area contributed by atoms with Crippen molar-refractivity contribution in [3.8, 4) is 0 Å². The van der Waals surface area contributed by atoms with E-state index in [0.29, 0.717) is 26.2 Å². The molecule has 0 N–H and O–H groups in total. The maximum Gasteiger partial charge on any atom is 0.219 e. The summed E-state index contributed by atoms with van der Waals surface area (Å²) < 4.78 is 13.4. The van der Waals surface area contributed by atoms with E-state index in [1.807, 2.05) is 25.7 Å². The SMILES string of the molecule is CC(=O)N1CC(C)CN(F)CC(C)(C)C1. The molecular weight excluding hydrogens is 195 g/mol. The molecule has 1 fully saturated rings. The summed E-state index contributed by atoms with van der Waals surface area (Å²) >= 11 is 0. The minimum atomic E-state index is -0.180. The average molecular weight is 216 g/mol. The zero-order valence-electron chi connectivity index (χ0n) is 10.1. The number of amides is 1. The number of carbonyl (C=O) groups excluding carboxylic acids is 1. The molecule has 0 bridgehead atoms. The van der Waals surface area contributed by atoms with Crippen LogP contribution in [-0.4, -0.2) is 42.1 Å². The summed E-state index contributed by atoms with van der Waals surface area (Å²) in [6.45, 7) is 9.62. The smallest absolute Gasteiger partial charge is 0.219 e. The number of carbonyl (C=O) groups is 1. The van der Waals surface area contributed by atoms with Gasteiger partial charge in [-0.2, -0.15) is 0 Å². The summed E-state index contributed by atoms with van der Waals surface area (Å²) in [6, 6.07) is 0. The Balaban J connectivity index is 2.74. The van der Waals surface area contributed by atoms with Crippen molar-refractivity contribution in [3.05, 3.63) is 0 Å². The van der Waals surface area contributed by atoms with Gasteiger partial charge in [-0.15, -0.1) is 9.60 Å². The summed E-state index contributed by atoms with van der Waals surface area (Å²) in [5.41, 5.74) is -0.180. The van der Waals surface area contributed by atoms with Gasteiger partial charge in [0, 0.05) is 33.1 Å². The molecule has 1 aliphatic heterocycles. The largest absolute Gasteiger partial charge is 0.342 e. The van der Waals surface area contributed by atoms with Crippen LogP contribution in [0.2, 0.25) is 0 Å². The Labute approximate surface area is 91.2 Å². The maximum absolute atomic E-state index is 13.4. The van der Waals surface area contributed by atoms with Crippen LogP contribution in [0.1, 0.15) is 27.7 Å². The van der Waals surface area contributed by atoms with Crippen LogP contribution in [0.3, 0.4) is 0 Å². The first kappa shape index (κ1) is 12.4. The van der Waals surface area contributed by atoms with Crippen LogP contribution in [-0.2, 0) is 4.79 Å². The summed E-state index contributed by atoms with van der Waals surface area (Å²) in [6.07, 6.45) is 0. The summed E-state index contributed by atoms with van der Waals surface area (Å²) in [5, 5.41) is 0.877. The van der Waals surface area contributed by atoms with Gasteiger partial charge in [-0.25, -0.2) is 0 Å². The van der Waals surface area contributed by atoms with Crippen molar-refractivity contribution in [1.82, 2.24) is 10.0 Å². The third kappa shape index (κ3) is 3.78. The van der Waals surface area contributed by atoms with Crippen molar-refractivity contribution in [2.75, 3.05) is 26.2 Å². The van der Waals surface area contributed by atoms with Gasteiger partial charge in [-0.1, -0.05) is 20.8 Å². The Morgan fingerprint density at radius 1 is 1.33 bits per heavy atom. The van der Waals surface area contributed by atoms with Gasteiger partial charge in [0.2, 0.25) is 5.91 Å². The van der Waals surface area contributed by atoms with Crippen molar-refractivity contribution in [2.24, 2.45) is 11.3 Å². The van der Waals surface area contributed by atoms with Crippen molar-refractivity contribution in [3.63, 3.8) is 0 Å². The topological polar surface area (TPSA) is 23.6 Å². The zero-order chi connectivity index (χ0) is 11.6. The van der Waals surface area contributed by atoms with Crippen molar-refractivity contribution < 1.29 is 9.28 Å². The summed E-state index contributed by atoms with van der Waals surface area (Å²) in [5.74, 6) is 0.275. The molecule has 1 amide bonds. The van der Waals surface area contributed by atoms with Gasteiger partial charge in [-0.05, 0) is 11.3 Å². The summed E-state index contributed by atoms with van der Waals surface area (Å²) in [4.78, 5) is 13.2. The highest BCUT2D eigenvalue weighted by Crippen LogP contribution is 2.23. The number of hydrogen-bond donors (Lipinski definition) is 0. The van der Waals surface area contributed by atoms with Crippen LogP contribution in [0.5, 0.6) is 0 Å². The van der Waals surface area contributed by atoms with Gasteiger partial charge >= 0.3 is 0 Å². The Morgan fingerprint density at radius 2 is 1.93 bits per heavy atom. The van der Waals surface area contributed by atoms with Crippen molar-refractivity contribution in [1.29, 1.82) is 0 Å². The molecule has 0 saturated carbocycles. The van der Waals surface area contributed by atoms with Crippen LogP contribution in [0.25, 0.3) is 0 Å². The normalized spacial score (nSPS) is 28.3. The lowest BCUT2D eigenvalue weighted by Gasteiger charge is -2.38. The third-order valence-corrected chi connectivity index (χ3v) is 2.71. The first-order valence-electron chi connectivity index (χ1n) is 5.46. The molecule has 1 saturated heterocycles. The molecule has 0 spiro atoms. The zero-order valence-corrected chi connectivity index (χ0v) is 10.1. The Bertz CT molecular complexity index is 243. The molecule has 1 unspecified atom stereocenters. The minimum absolute atomic E-state index is 0.0854. The van der Waals surface area contributed by atoms with Crippen LogP contribution in [0, 0.1) is 11.3 Å². The molecule has 4 heteroatoms. The predicted molar refractivity (Wildman–Crippen MR) is 57.9 cm³/mol. The van der Waals surface area contributed by atoms with E-state index in [1.165, 1.54) is 0 Å². The Morgan fingerprint density at radius 3 is 2.47 bits per heavy atom. The fourth-order valence-corrected chi connectivity index (χ4v) is 2.17. The van der Waals surface area contributed by atoms with Crippen LogP contribution in [0.4, 0.5) is 4.48 Å². The van der Waals surface area contributed by atoms with Gasteiger partial charge in [0.15, 0.2) is 0 Å². The van der Waals surface area contributed by atoms with Gasteiger partial charge < -0.3 is 4.90 Å². The van der Waals surface area contributed by atoms with E-state index in [1.54, 1.807) is 6.92 Å². The lowest BCUT2D eigenvalue weighted by molar-refractivity contribution is -0.134. The van der Waals surface area contributed by atoms with E-state index in [-0.39, 0.29) is 17.2 Å². The number of rotatable bonds is 0. The molecule has 0 aromatic rings. The lowest BCUT2D eigenvalue weighted by Crippen LogP contribution is -2.48. The number of hydrogen-bond acceptors (Lipinski definition) is 2. The van der Waals surface area contributed by atoms with E-state index in [9.17, 15) is 9.28 Å². The Kier molecular flexibility index (Phi) is 3.71. The average Bonchev–Trinajstić information content (AvgIpc) is 1.97. The quantitative estimate of drug-likeness (QED) is 0.575. The first-order valence-corrected chi connectivity index (χ1v) is 5.46. The van der Waals surface area contributed by atoms with Crippen molar-refractivity contribution >= 4 is 5.91 Å². The van der Waals surface area contributed by atoms with Gasteiger partial charge in [0.1, 0.15) is 0 Å². The van der Waals surface area contributed by atoms with Gasteiger partial charge in [0.05, 0.1) is 0 Å². The van der Waals surface area contributed by atoms with Gasteiger partial charge in [-0.3, -0.25) is 4.79 Å².